The summed E-state index contributed by atoms with van der Waals surface area (Å²) < 4.78 is 5.15. The fourth-order valence-corrected chi connectivity index (χ4v) is 4.77. The second-order valence-corrected chi connectivity index (χ2v) is 9.33. The summed E-state index contributed by atoms with van der Waals surface area (Å²) in [5, 5.41) is 1.64. The molecule has 0 amide bonds. The first kappa shape index (κ1) is 23.3. The van der Waals surface area contributed by atoms with Crippen molar-refractivity contribution < 1.29 is 9.53 Å². The second-order valence-electron chi connectivity index (χ2n) is 7.84. The number of hydrogen-bond donors (Lipinski definition) is 0. The van der Waals surface area contributed by atoms with Crippen LogP contribution in [0.2, 0.25) is 5.02 Å². The zero-order valence-corrected chi connectivity index (χ0v) is 19.9. The first-order chi connectivity index (χ1) is 15.0. The zero-order chi connectivity index (χ0) is 22.2. The van der Waals surface area contributed by atoms with Gasteiger partial charge in [-0.3, -0.25) is 4.79 Å². The van der Waals surface area contributed by atoms with Gasteiger partial charge < -0.3 is 9.64 Å². The number of thiazole rings is 1. The molecule has 0 radical (unpaired) electrons. The minimum absolute atomic E-state index is 0.183. The molecule has 31 heavy (non-hydrogen) atoms. The fraction of sp³-hybridized carbons (Fsp3) is 0.360. The molecule has 4 nitrogen and oxygen atoms in total. The maximum atomic E-state index is 12.0. The van der Waals surface area contributed by atoms with Crippen LogP contribution >= 0.6 is 22.9 Å². The molecule has 0 aliphatic rings. The topological polar surface area (TPSA) is 42.4 Å². The number of aromatic nitrogens is 1. The summed E-state index contributed by atoms with van der Waals surface area (Å²) in [7, 11) is 0. The first-order valence-electron chi connectivity index (χ1n) is 10.7. The molecule has 1 heterocycles. The summed E-state index contributed by atoms with van der Waals surface area (Å²) in [6.07, 6.45) is 1.28. The normalized spacial score (nSPS) is 11.0. The van der Waals surface area contributed by atoms with Crippen molar-refractivity contribution >= 4 is 34.0 Å². The van der Waals surface area contributed by atoms with Gasteiger partial charge in [-0.2, -0.15) is 0 Å². The SMILES string of the molecule is CCOC(=O)CCN(Cc1ccccc1)c1nc(-c2ccc(Cl)cc2)c(CC(C)C)s1. The Morgan fingerprint density at radius 2 is 1.84 bits per heavy atom. The van der Waals surface area contributed by atoms with Crippen LogP contribution in [0.1, 0.15) is 37.6 Å². The maximum absolute atomic E-state index is 12.0. The summed E-state index contributed by atoms with van der Waals surface area (Å²) in [4.78, 5) is 20.5. The molecule has 0 bridgehead atoms. The van der Waals surface area contributed by atoms with Gasteiger partial charge in [0.05, 0.1) is 18.7 Å². The van der Waals surface area contributed by atoms with Gasteiger partial charge in [0.2, 0.25) is 0 Å². The Hall–Kier alpha value is -2.37. The summed E-state index contributed by atoms with van der Waals surface area (Å²) in [5.41, 5.74) is 3.24. The summed E-state index contributed by atoms with van der Waals surface area (Å²) in [6.45, 7) is 7.91. The van der Waals surface area contributed by atoms with Gasteiger partial charge in [-0.15, -0.1) is 11.3 Å². The zero-order valence-electron chi connectivity index (χ0n) is 18.3. The molecule has 0 saturated heterocycles. The minimum Gasteiger partial charge on any atom is -0.466 e. The quantitative estimate of drug-likeness (QED) is 0.321. The number of rotatable bonds is 10. The molecule has 0 N–H and O–H groups in total. The van der Waals surface area contributed by atoms with Crippen molar-refractivity contribution in [2.45, 2.75) is 40.2 Å². The van der Waals surface area contributed by atoms with E-state index in [1.54, 1.807) is 11.3 Å². The monoisotopic (exact) mass is 456 g/mol. The largest absolute Gasteiger partial charge is 0.466 e. The van der Waals surface area contributed by atoms with Gasteiger partial charge in [0, 0.05) is 28.6 Å². The van der Waals surface area contributed by atoms with Gasteiger partial charge in [0.1, 0.15) is 0 Å². The molecule has 0 spiro atoms. The van der Waals surface area contributed by atoms with E-state index in [4.69, 9.17) is 21.3 Å². The highest BCUT2D eigenvalue weighted by Crippen LogP contribution is 2.36. The van der Waals surface area contributed by atoms with Crippen LogP contribution in [-0.2, 0) is 22.5 Å². The molecule has 0 atom stereocenters. The third kappa shape index (κ3) is 6.81. The summed E-state index contributed by atoms with van der Waals surface area (Å²) in [5.74, 6) is 0.332. The molecule has 164 valence electrons. The lowest BCUT2D eigenvalue weighted by Crippen LogP contribution is -2.26. The van der Waals surface area contributed by atoms with Crippen LogP contribution in [0.4, 0.5) is 5.13 Å². The molecule has 0 fully saturated rings. The number of ether oxygens (including phenoxy) is 1. The van der Waals surface area contributed by atoms with Crippen molar-refractivity contribution in [1.29, 1.82) is 0 Å². The van der Waals surface area contributed by atoms with E-state index in [-0.39, 0.29) is 5.97 Å². The predicted octanol–water partition coefficient (Wildman–Crippen LogP) is 6.62. The van der Waals surface area contributed by atoms with E-state index in [1.807, 2.05) is 49.4 Å². The van der Waals surface area contributed by atoms with Crippen molar-refractivity contribution in [2.75, 3.05) is 18.1 Å². The average molecular weight is 457 g/mol. The van der Waals surface area contributed by atoms with Crippen molar-refractivity contribution in [1.82, 2.24) is 4.98 Å². The van der Waals surface area contributed by atoms with E-state index in [1.165, 1.54) is 10.4 Å². The van der Waals surface area contributed by atoms with E-state index in [0.717, 1.165) is 22.8 Å². The smallest absolute Gasteiger partial charge is 0.307 e. The van der Waals surface area contributed by atoms with Crippen LogP contribution in [-0.4, -0.2) is 24.1 Å². The van der Waals surface area contributed by atoms with E-state index < -0.39 is 0 Å². The van der Waals surface area contributed by atoms with E-state index in [9.17, 15) is 4.79 Å². The predicted molar refractivity (Wildman–Crippen MR) is 130 cm³/mol. The average Bonchev–Trinajstić information content (AvgIpc) is 3.15. The van der Waals surface area contributed by atoms with Gasteiger partial charge in [0.25, 0.3) is 0 Å². The second kappa shape index (κ2) is 11.3. The molecular formula is C25H29ClN2O2S. The van der Waals surface area contributed by atoms with Crippen LogP contribution < -0.4 is 4.90 Å². The van der Waals surface area contributed by atoms with Gasteiger partial charge in [-0.05, 0) is 37.0 Å². The minimum atomic E-state index is -0.183. The molecular weight excluding hydrogens is 428 g/mol. The Balaban J connectivity index is 1.94. The Labute approximate surface area is 193 Å². The van der Waals surface area contributed by atoms with Crippen LogP contribution in [0.3, 0.4) is 0 Å². The highest BCUT2D eigenvalue weighted by molar-refractivity contribution is 7.16. The first-order valence-corrected chi connectivity index (χ1v) is 11.9. The van der Waals surface area contributed by atoms with E-state index >= 15 is 0 Å². The molecule has 0 saturated carbocycles. The molecule has 0 unspecified atom stereocenters. The van der Waals surface area contributed by atoms with Crippen molar-refractivity contribution in [3.63, 3.8) is 0 Å². The van der Waals surface area contributed by atoms with Crippen molar-refractivity contribution in [2.24, 2.45) is 5.92 Å². The van der Waals surface area contributed by atoms with Crippen LogP contribution in [0.15, 0.2) is 54.6 Å². The third-order valence-corrected chi connectivity index (χ3v) is 6.17. The lowest BCUT2D eigenvalue weighted by molar-refractivity contribution is -0.142. The number of carbonyl (C=O) groups is 1. The maximum Gasteiger partial charge on any atom is 0.307 e. The number of benzene rings is 2. The van der Waals surface area contributed by atoms with Gasteiger partial charge >= 0.3 is 5.97 Å². The number of hydrogen-bond acceptors (Lipinski definition) is 5. The third-order valence-electron chi connectivity index (χ3n) is 4.78. The lowest BCUT2D eigenvalue weighted by atomic mass is 10.1. The highest BCUT2D eigenvalue weighted by Gasteiger charge is 2.20. The van der Waals surface area contributed by atoms with Crippen LogP contribution in [0, 0.1) is 5.92 Å². The molecule has 0 aliphatic heterocycles. The number of nitrogens with zero attached hydrogens (tertiary/aromatic N) is 2. The molecule has 6 heteroatoms. The van der Waals surface area contributed by atoms with E-state index in [2.05, 4.69) is 30.9 Å². The van der Waals surface area contributed by atoms with Gasteiger partial charge in [-0.1, -0.05) is 67.9 Å². The summed E-state index contributed by atoms with van der Waals surface area (Å²) in [6, 6.07) is 18.1. The standard InChI is InChI=1S/C25H29ClN2O2S/c1-4-30-23(29)14-15-28(17-19-8-6-5-7-9-19)25-27-24(22(31-25)16-18(2)3)20-10-12-21(26)13-11-20/h5-13,18H,4,14-17H2,1-3H3. The molecule has 2 aromatic carbocycles. The Morgan fingerprint density at radius 1 is 1.13 bits per heavy atom. The highest BCUT2D eigenvalue weighted by atomic mass is 35.5. The number of halogens is 1. The summed E-state index contributed by atoms with van der Waals surface area (Å²) >= 11 is 7.80. The van der Waals surface area contributed by atoms with Crippen LogP contribution in [0.5, 0.6) is 0 Å². The van der Waals surface area contributed by atoms with Crippen LogP contribution in [0.25, 0.3) is 11.3 Å². The number of anilines is 1. The fourth-order valence-electron chi connectivity index (χ4n) is 3.32. The molecule has 3 aromatic rings. The Kier molecular flexibility index (Phi) is 8.50. The van der Waals surface area contributed by atoms with Crippen molar-refractivity contribution in [3.05, 3.63) is 70.1 Å². The van der Waals surface area contributed by atoms with Crippen molar-refractivity contribution in [3.8, 4) is 11.3 Å². The van der Waals surface area contributed by atoms with Gasteiger partial charge in [-0.25, -0.2) is 4.98 Å². The lowest BCUT2D eigenvalue weighted by Gasteiger charge is -2.21. The molecule has 3 rings (SSSR count). The Bertz CT molecular complexity index is 971. The number of carbonyl (C=O) groups excluding carboxylic acids is 1. The molecule has 1 aromatic heterocycles. The molecule has 0 aliphatic carbocycles. The van der Waals surface area contributed by atoms with E-state index in [0.29, 0.717) is 37.1 Å². The Morgan fingerprint density at radius 3 is 2.48 bits per heavy atom. The number of esters is 1. The van der Waals surface area contributed by atoms with Gasteiger partial charge in [0.15, 0.2) is 5.13 Å².